The molecule has 1 heterocycles. The summed E-state index contributed by atoms with van der Waals surface area (Å²) in [5, 5.41) is 23.9. The highest BCUT2D eigenvalue weighted by atomic mass is 28.4. The van der Waals surface area contributed by atoms with Gasteiger partial charge in [-0.05, 0) is 84.3 Å². The van der Waals surface area contributed by atoms with Gasteiger partial charge >= 0.3 is 0 Å². The Morgan fingerprint density at radius 1 is 0.976 bits per heavy atom. The Morgan fingerprint density at radius 3 is 2.33 bits per heavy atom. The molecule has 0 saturated carbocycles. The van der Waals surface area contributed by atoms with Gasteiger partial charge in [-0.25, -0.2) is 0 Å². The summed E-state index contributed by atoms with van der Waals surface area (Å²) >= 11 is 0. The molecule has 42 heavy (non-hydrogen) atoms. The van der Waals surface area contributed by atoms with Gasteiger partial charge in [0.2, 0.25) is 5.91 Å². The Balaban J connectivity index is 1.34. The van der Waals surface area contributed by atoms with Crippen LogP contribution in [0.25, 0.3) is 0 Å². The maximum absolute atomic E-state index is 13.0. The van der Waals surface area contributed by atoms with Gasteiger partial charge in [0, 0.05) is 38.2 Å². The SMILES string of the molecule is CC(Cc1cccc(CCC(=O)N2CCc3ccccc3C2)c1)NCC(O[Si](C)(C)C(C)(C)C)c1cc(O)cc(O)c1. The predicted octanol–water partition coefficient (Wildman–Crippen LogP) is 6.90. The van der Waals surface area contributed by atoms with E-state index in [-0.39, 0.29) is 34.6 Å². The molecule has 3 aromatic rings. The first kappa shape index (κ1) is 31.8. The molecule has 0 saturated heterocycles. The van der Waals surface area contributed by atoms with Crippen molar-refractivity contribution < 1.29 is 19.4 Å². The first-order valence-corrected chi connectivity index (χ1v) is 18.1. The van der Waals surface area contributed by atoms with Crippen molar-refractivity contribution in [2.24, 2.45) is 0 Å². The molecule has 4 rings (SSSR count). The average molecular weight is 589 g/mol. The number of amides is 1. The first-order chi connectivity index (χ1) is 19.8. The van der Waals surface area contributed by atoms with Crippen LogP contribution in [0.5, 0.6) is 11.5 Å². The van der Waals surface area contributed by atoms with Gasteiger partial charge in [0.05, 0.1) is 6.10 Å². The van der Waals surface area contributed by atoms with Crippen LogP contribution >= 0.6 is 0 Å². The largest absolute Gasteiger partial charge is 0.508 e. The summed E-state index contributed by atoms with van der Waals surface area (Å²) in [6, 6.07) is 21.8. The van der Waals surface area contributed by atoms with Crippen molar-refractivity contribution in [2.45, 2.75) is 90.2 Å². The van der Waals surface area contributed by atoms with Crippen LogP contribution in [0.2, 0.25) is 18.1 Å². The Hall–Kier alpha value is -3.13. The molecule has 0 radical (unpaired) electrons. The van der Waals surface area contributed by atoms with E-state index in [4.69, 9.17) is 4.43 Å². The Morgan fingerprint density at radius 2 is 1.64 bits per heavy atom. The molecule has 0 aliphatic carbocycles. The fourth-order valence-corrected chi connectivity index (χ4v) is 6.61. The second kappa shape index (κ2) is 13.4. The summed E-state index contributed by atoms with van der Waals surface area (Å²) in [5.41, 5.74) is 5.79. The molecule has 3 aromatic carbocycles. The third kappa shape index (κ3) is 8.46. The zero-order valence-electron chi connectivity index (χ0n) is 26.1. The van der Waals surface area contributed by atoms with E-state index in [2.05, 4.69) is 88.6 Å². The molecular weight excluding hydrogens is 540 g/mol. The standard InChI is InChI=1S/C35H48N2O4Si/c1-25(36-23-33(41-42(5,6)35(2,3)4)30-20-31(38)22-32(39)21-30)18-27-11-9-10-26(19-27)14-15-34(40)37-17-16-28-12-7-8-13-29(28)24-37/h7-13,19-22,25,33,36,38-39H,14-18,23-24H2,1-6H3. The number of benzene rings is 3. The van der Waals surface area contributed by atoms with Gasteiger partial charge in [-0.2, -0.15) is 0 Å². The van der Waals surface area contributed by atoms with E-state index in [1.54, 1.807) is 12.1 Å². The van der Waals surface area contributed by atoms with E-state index < -0.39 is 8.32 Å². The summed E-state index contributed by atoms with van der Waals surface area (Å²) in [6.07, 6.45) is 2.71. The highest BCUT2D eigenvalue weighted by molar-refractivity contribution is 6.74. The van der Waals surface area contributed by atoms with Crippen molar-refractivity contribution in [1.82, 2.24) is 10.2 Å². The molecule has 226 valence electrons. The number of aryl methyl sites for hydroxylation is 1. The van der Waals surface area contributed by atoms with Gasteiger partial charge < -0.3 is 24.9 Å². The zero-order valence-corrected chi connectivity index (χ0v) is 27.1. The molecule has 0 bridgehead atoms. The van der Waals surface area contributed by atoms with E-state index in [1.807, 2.05) is 11.0 Å². The monoisotopic (exact) mass is 588 g/mol. The third-order valence-electron chi connectivity index (χ3n) is 8.84. The van der Waals surface area contributed by atoms with Crippen molar-refractivity contribution in [1.29, 1.82) is 0 Å². The molecule has 1 aliphatic rings. The topological polar surface area (TPSA) is 82.0 Å². The lowest BCUT2D eigenvalue weighted by Crippen LogP contribution is -2.44. The molecule has 2 unspecified atom stereocenters. The predicted molar refractivity (Wildman–Crippen MR) is 172 cm³/mol. The van der Waals surface area contributed by atoms with Crippen molar-refractivity contribution in [2.75, 3.05) is 13.1 Å². The minimum absolute atomic E-state index is 0.0239. The normalized spacial score (nSPS) is 15.2. The Labute approximate surface area is 252 Å². The van der Waals surface area contributed by atoms with Crippen LogP contribution in [0.15, 0.2) is 66.7 Å². The van der Waals surface area contributed by atoms with Crippen molar-refractivity contribution in [3.63, 3.8) is 0 Å². The lowest BCUT2D eigenvalue weighted by molar-refractivity contribution is -0.132. The molecule has 0 fully saturated rings. The van der Waals surface area contributed by atoms with Gasteiger partial charge in [-0.15, -0.1) is 0 Å². The minimum atomic E-state index is -2.12. The molecule has 3 N–H and O–H groups in total. The minimum Gasteiger partial charge on any atom is -0.508 e. The molecule has 1 aliphatic heterocycles. The lowest BCUT2D eigenvalue weighted by atomic mass is 9.98. The Kier molecular flexibility index (Phi) is 10.2. The second-order valence-corrected chi connectivity index (χ2v) is 18.1. The average Bonchev–Trinajstić information content (AvgIpc) is 2.92. The quantitative estimate of drug-likeness (QED) is 0.212. The number of hydrogen-bond acceptors (Lipinski definition) is 5. The number of carbonyl (C=O) groups is 1. The van der Waals surface area contributed by atoms with E-state index in [0.29, 0.717) is 19.5 Å². The molecule has 1 amide bonds. The van der Waals surface area contributed by atoms with Crippen LogP contribution in [-0.4, -0.2) is 48.5 Å². The number of fused-ring (bicyclic) bond motifs is 1. The molecule has 2 atom stereocenters. The molecular formula is C35H48N2O4Si. The van der Waals surface area contributed by atoms with E-state index in [9.17, 15) is 15.0 Å². The van der Waals surface area contributed by atoms with Crippen LogP contribution in [0, 0.1) is 0 Å². The molecule has 0 aromatic heterocycles. The summed E-state index contributed by atoms with van der Waals surface area (Å²) in [7, 11) is -2.12. The fourth-order valence-electron chi connectivity index (χ4n) is 5.33. The number of rotatable bonds is 11. The van der Waals surface area contributed by atoms with Gasteiger partial charge in [-0.1, -0.05) is 69.3 Å². The van der Waals surface area contributed by atoms with Gasteiger partial charge in [0.15, 0.2) is 8.32 Å². The van der Waals surface area contributed by atoms with Crippen LogP contribution in [-0.2, 0) is 35.0 Å². The highest BCUT2D eigenvalue weighted by Gasteiger charge is 2.39. The summed E-state index contributed by atoms with van der Waals surface area (Å²) in [5.74, 6) is 0.278. The van der Waals surface area contributed by atoms with Crippen LogP contribution in [0.3, 0.4) is 0 Å². The Bertz CT molecular complexity index is 1350. The number of nitrogens with one attached hydrogen (secondary N) is 1. The van der Waals surface area contributed by atoms with Gasteiger partial charge in [-0.3, -0.25) is 4.79 Å². The van der Waals surface area contributed by atoms with Crippen molar-refractivity contribution in [3.05, 3.63) is 94.5 Å². The van der Waals surface area contributed by atoms with Crippen LogP contribution in [0.1, 0.15) is 68.0 Å². The molecule has 0 spiro atoms. The second-order valence-electron chi connectivity index (χ2n) is 13.3. The van der Waals surface area contributed by atoms with Crippen LogP contribution < -0.4 is 5.32 Å². The number of hydrogen-bond donors (Lipinski definition) is 3. The summed E-state index contributed by atoms with van der Waals surface area (Å²) in [6.45, 7) is 15.3. The van der Waals surface area contributed by atoms with E-state index in [1.165, 1.54) is 28.3 Å². The molecule has 7 heteroatoms. The lowest BCUT2D eigenvalue weighted by Gasteiger charge is -2.39. The van der Waals surface area contributed by atoms with E-state index in [0.717, 1.165) is 31.4 Å². The zero-order chi connectivity index (χ0) is 30.5. The number of nitrogens with zero attached hydrogens (tertiary/aromatic N) is 1. The number of aromatic hydroxyl groups is 2. The highest BCUT2D eigenvalue weighted by Crippen LogP contribution is 2.40. The number of carbonyl (C=O) groups excluding carboxylic acids is 1. The first-order valence-electron chi connectivity index (χ1n) is 15.2. The molecule has 6 nitrogen and oxygen atoms in total. The third-order valence-corrected chi connectivity index (χ3v) is 13.3. The smallest absolute Gasteiger partial charge is 0.223 e. The van der Waals surface area contributed by atoms with Crippen molar-refractivity contribution >= 4 is 14.2 Å². The number of phenols is 2. The van der Waals surface area contributed by atoms with E-state index >= 15 is 0 Å². The van der Waals surface area contributed by atoms with Gasteiger partial charge in [0.25, 0.3) is 0 Å². The maximum atomic E-state index is 13.0. The fraction of sp³-hybridized carbons (Fsp3) is 0.457. The number of phenolic OH excluding ortho intramolecular Hbond substituents is 2. The maximum Gasteiger partial charge on any atom is 0.223 e. The van der Waals surface area contributed by atoms with Crippen LogP contribution in [0.4, 0.5) is 0 Å². The van der Waals surface area contributed by atoms with Crippen molar-refractivity contribution in [3.8, 4) is 11.5 Å². The van der Waals surface area contributed by atoms with Gasteiger partial charge in [0.1, 0.15) is 11.5 Å². The summed E-state index contributed by atoms with van der Waals surface area (Å²) in [4.78, 5) is 15.0. The summed E-state index contributed by atoms with van der Waals surface area (Å²) < 4.78 is 6.76.